The second-order valence-corrected chi connectivity index (χ2v) is 7.32. The van der Waals surface area contributed by atoms with Crippen LogP contribution in [0.25, 0.3) is 11.5 Å². The fraction of sp³-hybridized carbons (Fsp3) is 0.389. The Labute approximate surface area is 169 Å². The minimum atomic E-state index is -0.820. The van der Waals surface area contributed by atoms with E-state index in [1.807, 2.05) is 0 Å². The van der Waals surface area contributed by atoms with Crippen LogP contribution in [0.1, 0.15) is 40.3 Å². The molecule has 7 nitrogen and oxygen atoms in total. The summed E-state index contributed by atoms with van der Waals surface area (Å²) in [5.41, 5.74) is 0.0201. The number of hydrogen-bond acceptors (Lipinski definition) is 7. The number of halogens is 3. The number of rotatable bonds is 4. The fourth-order valence-electron chi connectivity index (χ4n) is 3.28. The van der Waals surface area contributed by atoms with E-state index in [0.29, 0.717) is 6.54 Å². The van der Waals surface area contributed by atoms with Gasteiger partial charge < -0.3 is 9.32 Å². The Kier molecular flexibility index (Phi) is 5.27. The summed E-state index contributed by atoms with van der Waals surface area (Å²) in [6.07, 6.45) is 2.19. The van der Waals surface area contributed by atoms with Crippen molar-refractivity contribution in [2.75, 3.05) is 26.2 Å². The predicted molar refractivity (Wildman–Crippen MR) is 101 cm³/mol. The molecule has 0 N–H and O–H groups in total. The maximum atomic E-state index is 13.7. The van der Waals surface area contributed by atoms with E-state index in [4.69, 9.17) is 27.6 Å². The standard InChI is InChI=1S/C18H15Cl2FN4O3/c19-16-9(7-10(21)17(20)24-16)18-23-13-14(27)11(8-12(26)15(13)28-18)22-3-6-25-4-1-2-5-25/h7H,1-6,8H2. The fourth-order valence-corrected chi connectivity index (χ4v) is 3.69. The highest BCUT2D eigenvalue weighted by atomic mass is 35.5. The molecule has 0 atom stereocenters. The molecule has 0 spiro atoms. The first kappa shape index (κ1) is 19.2. The molecule has 1 aliphatic heterocycles. The van der Waals surface area contributed by atoms with Crippen LogP contribution in [0.4, 0.5) is 4.39 Å². The van der Waals surface area contributed by atoms with Crippen LogP contribution in [-0.2, 0) is 0 Å². The zero-order chi connectivity index (χ0) is 19.8. The number of nitrogens with zero attached hydrogens (tertiary/aromatic N) is 4. The van der Waals surface area contributed by atoms with Crippen molar-refractivity contribution in [1.82, 2.24) is 14.9 Å². The van der Waals surface area contributed by atoms with E-state index in [-0.39, 0.29) is 40.2 Å². The van der Waals surface area contributed by atoms with Gasteiger partial charge in [0.2, 0.25) is 23.2 Å². The molecule has 2 aliphatic rings. The molecule has 2 aromatic heterocycles. The summed E-state index contributed by atoms with van der Waals surface area (Å²) in [7, 11) is 0. The van der Waals surface area contributed by atoms with E-state index in [1.54, 1.807) is 0 Å². The van der Waals surface area contributed by atoms with E-state index in [0.717, 1.165) is 25.7 Å². The zero-order valence-electron chi connectivity index (χ0n) is 14.7. The second-order valence-electron chi connectivity index (χ2n) is 6.60. The van der Waals surface area contributed by atoms with Gasteiger partial charge in [-0.25, -0.2) is 14.4 Å². The molecule has 146 valence electrons. The van der Waals surface area contributed by atoms with Gasteiger partial charge in [-0.1, -0.05) is 23.2 Å². The van der Waals surface area contributed by atoms with Crippen molar-refractivity contribution in [3.8, 4) is 11.5 Å². The summed E-state index contributed by atoms with van der Waals surface area (Å²) >= 11 is 11.6. The number of carbonyl (C=O) groups is 2. The number of carbonyl (C=O) groups excluding carboxylic acids is 2. The molecule has 3 heterocycles. The number of pyridine rings is 1. The molecular weight excluding hydrogens is 410 g/mol. The van der Waals surface area contributed by atoms with Gasteiger partial charge >= 0.3 is 0 Å². The molecule has 4 rings (SSSR count). The summed E-state index contributed by atoms with van der Waals surface area (Å²) in [4.78, 5) is 39.3. The topological polar surface area (TPSA) is 88.7 Å². The predicted octanol–water partition coefficient (Wildman–Crippen LogP) is 3.49. The molecule has 0 aromatic carbocycles. The van der Waals surface area contributed by atoms with Crippen LogP contribution >= 0.6 is 23.2 Å². The van der Waals surface area contributed by atoms with Gasteiger partial charge in [-0.3, -0.25) is 14.6 Å². The summed E-state index contributed by atoms with van der Waals surface area (Å²) in [5, 5.41) is -0.547. The minimum Gasteiger partial charge on any atom is -0.432 e. The molecule has 2 aromatic rings. The van der Waals surface area contributed by atoms with Crippen LogP contribution in [0, 0.1) is 5.82 Å². The van der Waals surface area contributed by atoms with Crippen molar-refractivity contribution in [1.29, 1.82) is 0 Å². The van der Waals surface area contributed by atoms with Crippen molar-refractivity contribution in [3.63, 3.8) is 0 Å². The van der Waals surface area contributed by atoms with Crippen molar-refractivity contribution < 1.29 is 18.4 Å². The maximum Gasteiger partial charge on any atom is 0.230 e. The van der Waals surface area contributed by atoms with Gasteiger partial charge in [0.15, 0.2) is 16.7 Å². The molecule has 1 fully saturated rings. The summed E-state index contributed by atoms with van der Waals surface area (Å²) in [6, 6.07) is 0.995. The number of oxazole rings is 1. The van der Waals surface area contributed by atoms with Gasteiger partial charge in [-0.2, -0.15) is 0 Å². The number of aliphatic imine (C=N–C) groups is 1. The van der Waals surface area contributed by atoms with Gasteiger partial charge in [-0.05, 0) is 32.0 Å². The molecule has 0 saturated carbocycles. The van der Waals surface area contributed by atoms with Crippen LogP contribution in [0.5, 0.6) is 0 Å². The molecule has 1 aliphatic carbocycles. The summed E-state index contributed by atoms with van der Waals surface area (Å²) < 4.78 is 19.1. The molecule has 0 bridgehead atoms. The molecule has 0 radical (unpaired) electrons. The first-order valence-corrected chi connectivity index (χ1v) is 9.56. The molecule has 1 saturated heterocycles. The number of ketones is 2. The van der Waals surface area contributed by atoms with Gasteiger partial charge in [0.05, 0.1) is 24.2 Å². The van der Waals surface area contributed by atoms with Crippen molar-refractivity contribution in [2.24, 2.45) is 4.99 Å². The lowest BCUT2D eigenvalue weighted by atomic mass is 9.97. The molecule has 10 heteroatoms. The van der Waals surface area contributed by atoms with Crippen LogP contribution in [0.2, 0.25) is 10.3 Å². The third-order valence-corrected chi connectivity index (χ3v) is 5.27. The third kappa shape index (κ3) is 3.59. The highest BCUT2D eigenvalue weighted by Gasteiger charge is 2.35. The van der Waals surface area contributed by atoms with Crippen molar-refractivity contribution in [2.45, 2.75) is 19.3 Å². The van der Waals surface area contributed by atoms with Crippen LogP contribution in [0.3, 0.4) is 0 Å². The number of hydrogen-bond donors (Lipinski definition) is 0. The minimum absolute atomic E-state index is 0.00564. The average Bonchev–Trinajstić information content (AvgIpc) is 3.32. The average molecular weight is 425 g/mol. The Bertz CT molecular complexity index is 999. The normalized spacial score (nSPS) is 18.9. The van der Waals surface area contributed by atoms with Crippen LogP contribution in [0.15, 0.2) is 15.5 Å². The largest absolute Gasteiger partial charge is 0.432 e. The molecule has 28 heavy (non-hydrogen) atoms. The van der Waals surface area contributed by atoms with E-state index < -0.39 is 22.5 Å². The Balaban J connectivity index is 1.60. The maximum absolute atomic E-state index is 13.7. The van der Waals surface area contributed by atoms with Gasteiger partial charge in [-0.15, -0.1) is 0 Å². The molecular formula is C18H15Cl2FN4O3. The monoisotopic (exact) mass is 424 g/mol. The smallest absolute Gasteiger partial charge is 0.230 e. The Hall–Kier alpha value is -2.16. The first-order chi connectivity index (χ1) is 13.4. The van der Waals surface area contributed by atoms with Gasteiger partial charge in [0.1, 0.15) is 5.15 Å². The quantitative estimate of drug-likeness (QED) is 0.697. The van der Waals surface area contributed by atoms with Crippen molar-refractivity contribution in [3.05, 3.63) is 33.6 Å². The van der Waals surface area contributed by atoms with Crippen LogP contribution in [-0.4, -0.2) is 58.3 Å². The lowest BCUT2D eigenvalue weighted by Crippen LogP contribution is -2.28. The highest BCUT2D eigenvalue weighted by molar-refractivity contribution is 6.52. The Morgan fingerprint density at radius 1 is 1.18 bits per heavy atom. The lowest BCUT2D eigenvalue weighted by Gasteiger charge is -2.13. The first-order valence-electron chi connectivity index (χ1n) is 8.80. The SMILES string of the molecule is O=C1C(=NCCN2CCCC2)CC(=O)c2oc(-c3cc(F)c(Cl)nc3Cl)nc21. The van der Waals surface area contributed by atoms with Gasteiger partial charge in [0.25, 0.3) is 0 Å². The van der Waals surface area contributed by atoms with E-state index in [2.05, 4.69) is 19.9 Å². The number of Topliss-reactive ketones (excluding diaryl/α,β-unsaturated/α-hetero) is 2. The van der Waals surface area contributed by atoms with E-state index in [9.17, 15) is 14.0 Å². The Morgan fingerprint density at radius 3 is 2.68 bits per heavy atom. The summed E-state index contributed by atoms with van der Waals surface area (Å²) in [6.45, 7) is 3.24. The highest BCUT2D eigenvalue weighted by Crippen LogP contribution is 2.32. The molecule has 0 unspecified atom stereocenters. The molecule has 0 amide bonds. The van der Waals surface area contributed by atoms with E-state index in [1.165, 1.54) is 12.8 Å². The van der Waals surface area contributed by atoms with E-state index >= 15 is 0 Å². The number of likely N-dealkylation sites (tertiary alicyclic amines) is 1. The summed E-state index contributed by atoms with van der Waals surface area (Å²) in [5.74, 6) is -2.04. The van der Waals surface area contributed by atoms with Crippen LogP contribution < -0.4 is 0 Å². The lowest BCUT2D eigenvalue weighted by molar-refractivity contribution is 0.0940. The van der Waals surface area contributed by atoms with Crippen molar-refractivity contribution >= 4 is 40.5 Å². The number of fused-ring (bicyclic) bond motifs is 1. The zero-order valence-corrected chi connectivity index (χ0v) is 16.2. The number of aromatic nitrogens is 2. The van der Waals surface area contributed by atoms with Gasteiger partial charge in [0, 0.05) is 6.54 Å². The third-order valence-electron chi connectivity index (χ3n) is 4.72. The Morgan fingerprint density at radius 2 is 1.93 bits per heavy atom. The second kappa shape index (κ2) is 7.69.